The predicted molar refractivity (Wildman–Crippen MR) is 140 cm³/mol. The predicted octanol–water partition coefficient (Wildman–Crippen LogP) is 4.76. The lowest BCUT2D eigenvalue weighted by atomic mass is 9.90. The van der Waals surface area contributed by atoms with Crippen molar-refractivity contribution in [3.8, 4) is 28.7 Å². The first-order valence-electron chi connectivity index (χ1n) is 12.1. The molecule has 0 fully saturated rings. The molecule has 9 heteroatoms. The molecule has 6 nitrogen and oxygen atoms in total. The minimum Gasteiger partial charge on any atom is -0.496 e. The van der Waals surface area contributed by atoms with E-state index < -0.39 is 28.9 Å². The number of halogens is 3. The quantitative estimate of drug-likeness (QED) is 0.375. The maximum absolute atomic E-state index is 14.4. The van der Waals surface area contributed by atoms with Crippen molar-refractivity contribution in [3.63, 3.8) is 0 Å². The minimum atomic E-state index is -5.18. The van der Waals surface area contributed by atoms with Gasteiger partial charge in [-0.05, 0) is 37.5 Å². The third-order valence-electron chi connectivity index (χ3n) is 6.56. The SMILES string of the molecule is CCOC(=O)C1=C(C)Cc2c1c(C#CC(O)(c1cccc(-c3ccccc3OC)c1)C(F)(F)F)cn(C)c2=O. The summed E-state index contributed by atoms with van der Waals surface area (Å²) in [5, 5.41) is 11.1. The Morgan fingerprint density at radius 1 is 1.15 bits per heavy atom. The van der Waals surface area contributed by atoms with Gasteiger partial charge in [-0.2, -0.15) is 13.2 Å². The van der Waals surface area contributed by atoms with Gasteiger partial charge in [-0.3, -0.25) is 4.79 Å². The molecule has 0 spiro atoms. The molecule has 0 amide bonds. The third kappa shape index (κ3) is 4.95. The van der Waals surface area contributed by atoms with Gasteiger partial charge in [-0.25, -0.2) is 4.79 Å². The van der Waals surface area contributed by atoms with Gasteiger partial charge in [-0.15, -0.1) is 0 Å². The molecule has 4 rings (SSSR count). The van der Waals surface area contributed by atoms with Crippen LogP contribution in [0.3, 0.4) is 0 Å². The first kappa shape index (κ1) is 27.7. The average molecular weight is 538 g/mol. The van der Waals surface area contributed by atoms with Gasteiger partial charge in [0.15, 0.2) is 0 Å². The van der Waals surface area contributed by atoms with Gasteiger partial charge in [0.25, 0.3) is 5.56 Å². The van der Waals surface area contributed by atoms with Crippen molar-refractivity contribution >= 4 is 11.5 Å². The summed E-state index contributed by atoms with van der Waals surface area (Å²) in [5.41, 5.74) is -2.52. The molecule has 0 bridgehead atoms. The van der Waals surface area contributed by atoms with Gasteiger partial charge >= 0.3 is 12.1 Å². The van der Waals surface area contributed by atoms with Crippen molar-refractivity contribution in [1.29, 1.82) is 0 Å². The molecule has 39 heavy (non-hydrogen) atoms. The normalized spacial score (nSPS) is 14.3. The molecule has 3 aromatic rings. The van der Waals surface area contributed by atoms with E-state index in [9.17, 15) is 27.9 Å². The van der Waals surface area contributed by atoms with Crippen molar-refractivity contribution in [2.24, 2.45) is 7.05 Å². The summed E-state index contributed by atoms with van der Waals surface area (Å²) in [5.74, 6) is 4.22. The number of hydrogen-bond donors (Lipinski definition) is 1. The van der Waals surface area contributed by atoms with Crippen molar-refractivity contribution < 1.29 is 32.5 Å². The van der Waals surface area contributed by atoms with E-state index in [1.807, 2.05) is 5.92 Å². The second-order valence-electron chi connectivity index (χ2n) is 9.10. The maximum Gasteiger partial charge on any atom is 0.433 e. The zero-order valence-corrected chi connectivity index (χ0v) is 21.8. The summed E-state index contributed by atoms with van der Waals surface area (Å²) in [4.78, 5) is 25.5. The number of fused-ring (bicyclic) bond motifs is 1. The second kappa shape index (κ2) is 10.5. The molecular formula is C30H26F3NO5. The van der Waals surface area contributed by atoms with Crippen LogP contribution in [0.25, 0.3) is 16.7 Å². The molecule has 0 radical (unpaired) electrons. The second-order valence-corrected chi connectivity index (χ2v) is 9.10. The molecule has 1 aliphatic rings. The van der Waals surface area contributed by atoms with E-state index in [2.05, 4.69) is 5.92 Å². The first-order chi connectivity index (χ1) is 18.4. The van der Waals surface area contributed by atoms with Crippen LogP contribution >= 0.6 is 0 Å². The number of alkyl halides is 3. The molecular weight excluding hydrogens is 511 g/mol. The highest BCUT2D eigenvalue weighted by molar-refractivity contribution is 6.19. The minimum absolute atomic E-state index is 0.00411. The fourth-order valence-electron chi connectivity index (χ4n) is 4.65. The summed E-state index contributed by atoms with van der Waals surface area (Å²) < 4.78 is 55.0. The van der Waals surface area contributed by atoms with Crippen molar-refractivity contribution in [2.75, 3.05) is 13.7 Å². The number of allylic oxidation sites excluding steroid dienone is 1. The number of nitrogens with zero attached hydrogens (tertiary/aromatic N) is 1. The molecule has 1 aliphatic carbocycles. The van der Waals surface area contributed by atoms with Gasteiger partial charge in [-0.1, -0.05) is 47.9 Å². The van der Waals surface area contributed by atoms with Crippen LogP contribution in [0, 0.1) is 11.8 Å². The van der Waals surface area contributed by atoms with Crippen molar-refractivity contribution in [1.82, 2.24) is 4.57 Å². The lowest BCUT2D eigenvalue weighted by molar-refractivity contribution is -0.240. The summed E-state index contributed by atoms with van der Waals surface area (Å²) in [6.45, 7) is 3.35. The Kier molecular flexibility index (Phi) is 7.44. The number of pyridine rings is 1. The smallest absolute Gasteiger partial charge is 0.433 e. The van der Waals surface area contributed by atoms with Crippen LogP contribution < -0.4 is 10.3 Å². The Morgan fingerprint density at radius 3 is 2.54 bits per heavy atom. The highest BCUT2D eigenvalue weighted by Gasteiger charge is 2.54. The number of aromatic nitrogens is 1. The number of para-hydroxylation sites is 1. The summed E-state index contributed by atoms with van der Waals surface area (Å²) in [6.07, 6.45) is -3.79. The number of aryl methyl sites for hydroxylation is 1. The number of esters is 1. The van der Waals surface area contributed by atoms with Crippen LogP contribution in [0.15, 0.2) is 65.1 Å². The molecule has 1 atom stereocenters. The number of methoxy groups -OCH3 is 1. The standard InChI is InChI=1S/C30H26F3NO5/c1-5-39-28(36)25-18(2)15-23-26(25)20(17-34(3)27(23)35)13-14-29(37,30(31,32)33)21-10-8-9-19(16-21)22-11-6-7-12-24(22)38-4/h6-12,16-17,37H,5,15H2,1-4H3. The lowest BCUT2D eigenvalue weighted by Gasteiger charge is -2.26. The van der Waals surface area contributed by atoms with E-state index >= 15 is 0 Å². The summed E-state index contributed by atoms with van der Waals surface area (Å²) in [6, 6.07) is 12.2. The number of benzene rings is 2. The van der Waals surface area contributed by atoms with Crippen LogP contribution in [0.2, 0.25) is 0 Å². The Balaban J connectivity index is 1.90. The molecule has 1 N–H and O–H groups in total. The number of carbonyl (C=O) groups is 1. The number of rotatable bonds is 5. The fourth-order valence-corrected chi connectivity index (χ4v) is 4.65. The number of hydrogen-bond acceptors (Lipinski definition) is 5. The van der Waals surface area contributed by atoms with Crippen LogP contribution in [0.4, 0.5) is 13.2 Å². The molecule has 1 aromatic heterocycles. The Bertz CT molecular complexity index is 1610. The van der Waals surface area contributed by atoms with E-state index in [1.165, 1.54) is 37.1 Å². The van der Waals surface area contributed by atoms with E-state index in [-0.39, 0.29) is 35.3 Å². The number of aliphatic hydroxyl groups is 1. The maximum atomic E-state index is 14.4. The molecule has 1 heterocycles. The molecule has 0 saturated heterocycles. The Hall–Kier alpha value is -4.29. The zero-order valence-electron chi connectivity index (χ0n) is 21.8. The van der Waals surface area contributed by atoms with E-state index in [1.54, 1.807) is 44.2 Å². The van der Waals surface area contributed by atoms with Gasteiger partial charge in [0, 0.05) is 47.5 Å². The topological polar surface area (TPSA) is 77.8 Å². The van der Waals surface area contributed by atoms with E-state index in [4.69, 9.17) is 9.47 Å². The average Bonchev–Trinajstić information content (AvgIpc) is 3.26. The van der Waals surface area contributed by atoms with Gasteiger partial charge in [0.05, 0.1) is 19.3 Å². The lowest BCUT2D eigenvalue weighted by Crippen LogP contribution is -2.41. The van der Waals surface area contributed by atoms with Crippen LogP contribution in [0.1, 0.15) is 36.1 Å². The highest BCUT2D eigenvalue weighted by atomic mass is 19.4. The van der Waals surface area contributed by atoms with Gasteiger partial charge in [0.2, 0.25) is 5.60 Å². The molecule has 2 aromatic carbocycles. The summed E-state index contributed by atoms with van der Waals surface area (Å²) in [7, 11) is 2.89. The molecule has 202 valence electrons. The van der Waals surface area contributed by atoms with Gasteiger partial charge < -0.3 is 19.1 Å². The van der Waals surface area contributed by atoms with Crippen molar-refractivity contribution in [2.45, 2.75) is 32.0 Å². The van der Waals surface area contributed by atoms with E-state index in [0.29, 0.717) is 22.4 Å². The first-order valence-corrected chi connectivity index (χ1v) is 12.1. The third-order valence-corrected chi connectivity index (χ3v) is 6.56. The largest absolute Gasteiger partial charge is 0.496 e. The molecule has 1 unspecified atom stereocenters. The van der Waals surface area contributed by atoms with Crippen molar-refractivity contribution in [3.05, 3.63) is 92.9 Å². The Labute approximate surface area is 223 Å². The molecule has 0 aliphatic heterocycles. The monoisotopic (exact) mass is 537 g/mol. The van der Waals surface area contributed by atoms with Crippen LogP contribution in [0.5, 0.6) is 5.75 Å². The van der Waals surface area contributed by atoms with Crippen LogP contribution in [-0.2, 0) is 28.6 Å². The fraction of sp³-hybridized carbons (Fsp3) is 0.267. The Morgan fingerprint density at radius 2 is 1.87 bits per heavy atom. The van der Waals surface area contributed by atoms with Crippen LogP contribution in [-0.4, -0.2) is 35.5 Å². The molecule has 0 saturated carbocycles. The number of ether oxygens (including phenoxy) is 2. The zero-order chi connectivity index (χ0) is 28.5. The van der Waals surface area contributed by atoms with Gasteiger partial charge in [0.1, 0.15) is 5.75 Å². The highest BCUT2D eigenvalue weighted by Crippen LogP contribution is 2.41. The number of carbonyl (C=O) groups excluding carboxylic acids is 1. The van der Waals surface area contributed by atoms with E-state index in [0.717, 1.165) is 6.07 Å². The summed E-state index contributed by atoms with van der Waals surface area (Å²) >= 11 is 0.